The van der Waals surface area contributed by atoms with Gasteiger partial charge in [-0.05, 0) is 50.2 Å². The van der Waals surface area contributed by atoms with E-state index in [0.717, 1.165) is 70.3 Å². The second-order valence-electron chi connectivity index (χ2n) is 12.0. The zero-order chi connectivity index (χ0) is 33.6. The number of unbranched alkanes of at least 4 members (excludes halogenated alkanes) is 1. The van der Waals surface area contributed by atoms with Crippen LogP contribution in [0.5, 0.6) is 0 Å². The zero-order valence-electron chi connectivity index (χ0n) is 27.2. The molecule has 0 aliphatic heterocycles. The van der Waals surface area contributed by atoms with Crippen LogP contribution in [0.25, 0.3) is 22.5 Å². The summed E-state index contributed by atoms with van der Waals surface area (Å²) >= 11 is 6.60. The summed E-state index contributed by atoms with van der Waals surface area (Å²) in [6.45, 7) is 2.66. The molecule has 0 amide bonds. The first-order valence-electron chi connectivity index (χ1n) is 16.5. The molecule has 0 aliphatic rings. The Labute approximate surface area is 290 Å². The highest BCUT2D eigenvalue weighted by Gasteiger charge is 2.42. The molecular weight excluding hydrogens is 628 g/mol. The standard InChI is InChI=1S/C41H35ClN6O/c1-2-3-23-38-43-37(29-49)39(42)47(38)28-30-24-26-31(27-25-30)35-21-13-14-22-36(35)40-44-45-46-48(40)41(32-15-7-4-8-16-32,33-17-9-5-10-18-33)34-19-11-6-12-20-34/h4-22,24-27,29H,2-3,23,28H2,1H3. The van der Waals surface area contributed by atoms with Gasteiger partial charge in [0.2, 0.25) is 0 Å². The van der Waals surface area contributed by atoms with Gasteiger partial charge in [0.15, 0.2) is 12.1 Å². The van der Waals surface area contributed by atoms with Crippen molar-refractivity contribution in [2.24, 2.45) is 0 Å². The Kier molecular flexibility index (Phi) is 9.26. The second-order valence-corrected chi connectivity index (χ2v) is 12.3. The highest BCUT2D eigenvalue weighted by atomic mass is 35.5. The first kappa shape index (κ1) is 31.9. The highest BCUT2D eigenvalue weighted by Crippen LogP contribution is 2.43. The molecule has 0 bridgehead atoms. The average Bonchev–Trinajstić information content (AvgIpc) is 3.77. The minimum absolute atomic E-state index is 0.286. The lowest BCUT2D eigenvalue weighted by molar-refractivity contribution is 0.111. The molecule has 8 heteroatoms. The number of carbonyl (C=O) groups excluding carboxylic acids is 1. The predicted octanol–water partition coefficient (Wildman–Crippen LogP) is 8.90. The van der Waals surface area contributed by atoms with Gasteiger partial charge in [0, 0.05) is 12.0 Å². The summed E-state index contributed by atoms with van der Waals surface area (Å²) in [6, 6.07) is 47.8. The number of aromatic nitrogens is 6. The zero-order valence-corrected chi connectivity index (χ0v) is 27.9. The molecule has 0 spiro atoms. The molecule has 7 aromatic rings. The fourth-order valence-electron chi connectivity index (χ4n) is 6.65. The third-order valence-electron chi connectivity index (χ3n) is 9.01. The summed E-state index contributed by atoms with van der Waals surface area (Å²) in [5.74, 6) is 1.47. The molecule has 0 fully saturated rings. The topological polar surface area (TPSA) is 78.5 Å². The van der Waals surface area contributed by atoms with Crippen molar-refractivity contribution in [3.8, 4) is 22.5 Å². The average molecular weight is 663 g/mol. The van der Waals surface area contributed by atoms with Gasteiger partial charge < -0.3 is 4.57 Å². The molecule has 7 nitrogen and oxygen atoms in total. The van der Waals surface area contributed by atoms with E-state index in [4.69, 9.17) is 21.9 Å². The van der Waals surface area contributed by atoms with Crippen molar-refractivity contribution in [1.82, 2.24) is 29.8 Å². The van der Waals surface area contributed by atoms with E-state index in [0.29, 0.717) is 17.5 Å². The molecular formula is C41H35ClN6O. The van der Waals surface area contributed by atoms with E-state index in [1.54, 1.807) is 0 Å². The van der Waals surface area contributed by atoms with Crippen molar-refractivity contribution < 1.29 is 4.79 Å². The second kappa shape index (κ2) is 14.2. The van der Waals surface area contributed by atoms with Gasteiger partial charge in [-0.1, -0.05) is 164 Å². The fraction of sp³-hybridized carbons (Fsp3) is 0.146. The van der Waals surface area contributed by atoms with Crippen LogP contribution in [-0.2, 0) is 18.5 Å². The van der Waals surface area contributed by atoms with Gasteiger partial charge in [0.05, 0.1) is 6.54 Å². The number of imidazole rings is 1. The molecule has 0 N–H and O–H groups in total. The number of aldehydes is 1. The highest BCUT2D eigenvalue weighted by molar-refractivity contribution is 6.31. The summed E-state index contributed by atoms with van der Waals surface area (Å²) in [4.78, 5) is 16.1. The molecule has 0 radical (unpaired) electrons. The van der Waals surface area contributed by atoms with Gasteiger partial charge in [-0.25, -0.2) is 9.67 Å². The summed E-state index contributed by atoms with van der Waals surface area (Å²) in [6.07, 6.45) is 3.49. The van der Waals surface area contributed by atoms with Gasteiger partial charge in [0.25, 0.3) is 0 Å². The number of tetrazole rings is 1. The molecule has 0 saturated heterocycles. The number of nitrogens with zero attached hydrogens (tertiary/aromatic N) is 6. The molecule has 0 saturated carbocycles. The van der Waals surface area contributed by atoms with E-state index in [-0.39, 0.29) is 5.69 Å². The quantitative estimate of drug-likeness (QED) is 0.0964. The van der Waals surface area contributed by atoms with Crippen LogP contribution in [0.4, 0.5) is 0 Å². The van der Waals surface area contributed by atoms with Crippen LogP contribution in [0, 0.1) is 0 Å². The van der Waals surface area contributed by atoms with Crippen molar-refractivity contribution >= 4 is 17.9 Å². The lowest BCUT2D eigenvalue weighted by Crippen LogP contribution is -2.39. The van der Waals surface area contributed by atoms with E-state index in [1.807, 2.05) is 39.6 Å². The van der Waals surface area contributed by atoms with Crippen molar-refractivity contribution in [2.45, 2.75) is 38.3 Å². The number of carbonyl (C=O) groups is 1. The molecule has 0 aliphatic carbocycles. The molecule has 242 valence electrons. The SMILES string of the molecule is CCCCc1nc(C=O)c(Cl)n1Cc1ccc(-c2ccccc2-c2nnnn2C(c2ccccc2)(c2ccccc2)c2ccccc2)cc1. The Balaban J connectivity index is 1.33. The van der Waals surface area contributed by atoms with E-state index >= 15 is 0 Å². The monoisotopic (exact) mass is 662 g/mol. The third-order valence-corrected chi connectivity index (χ3v) is 9.41. The van der Waals surface area contributed by atoms with E-state index < -0.39 is 5.54 Å². The molecule has 2 aromatic heterocycles. The van der Waals surface area contributed by atoms with Gasteiger partial charge in [-0.2, -0.15) is 0 Å². The minimum atomic E-state index is -0.862. The van der Waals surface area contributed by atoms with Crippen LogP contribution in [0.3, 0.4) is 0 Å². The van der Waals surface area contributed by atoms with Crippen LogP contribution in [-0.4, -0.2) is 36.0 Å². The number of hydrogen-bond donors (Lipinski definition) is 0. The number of aryl methyl sites for hydroxylation is 1. The largest absolute Gasteiger partial charge is 0.314 e. The molecule has 49 heavy (non-hydrogen) atoms. The summed E-state index contributed by atoms with van der Waals surface area (Å²) in [7, 11) is 0. The van der Waals surface area contributed by atoms with Crippen molar-refractivity contribution in [3.63, 3.8) is 0 Å². The van der Waals surface area contributed by atoms with Crippen molar-refractivity contribution in [3.05, 3.63) is 178 Å². The number of hydrogen-bond acceptors (Lipinski definition) is 5. The normalized spacial score (nSPS) is 11.5. The number of halogens is 1. The Hall–Kier alpha value is -5.66. The smallest absolute Gasteiger partial charge is 0.184 e. The lowest BCUT2D eigenvalue weighted by Gasteiger charge is -2.36. The summed E-state index contributed by atoms with van der Waals surface area (Å²) < 4.78 is 3.90. The Morgan fingerprint density at radius 2 is 1.27 bits per heavy atom. The van der Waals surface area contributed by atoms with Crippen molar-refractivity contribution in [2.75, 3.05) is 0 Å². The Morgan fingerprint density at radius 1 is 0.714 bits per heavy atom. The molecule has 0 unspecified atom stereocenters. The third kappa shape index (κ3) is 5.98. The van der Waals surface area contributed by atoms with Gasteiger partial charge in [-0.15, -0.1) is 5.10 Å². The number of rotatable bonds is 12. The maximum Gasteiger partial charge on any atom is 0.184 e. The minimum Gasteiger partial charge on any atom is -0.314 e. The van der Waals surface area contributed by atoms with Crippen LogP contribution >= 0.6 is 11.6 Å². The van der Waals surface area contributed by atoms with Crippen LogP contribution in [0.2, 0.25) is 5.15 Å². The summed E-state index contributed by atoms with van der Waals surface area (Å²) in [5, 5.41) is 14.1. The van der Waals surface area contributed by atoms with Gasteiger partial charge in [-0.3, -0.25) is 4.79 Å². The van der Waals surface area contributed by atoms with Crippen LogP contribution < -0.4 is 0 Å². The molecule has 0 atom stereocenters. The maximum atomic E-state index is 11.6. The van der Waals surface area contributed by atoms with Crippen molar-refractivity contribution in [1.29, 1.82) is 0 Å². The van der Waals surface area contributed by atoms with E-state index in [2.05, 4.69) is 126 Å². The molecule has 2 heterocycles. The van der Waals surface area contributed by atoms with Gasteiger partial charge >= 0.3 is 0 Å². The first-order valence-corrected chi connectivity index (χ1v) is 16.9. The van der Waals surface area contributed by atoms with Crippen LogP contribution in [0.1, 0.15) is 58.3 Å². The Morgan fingerprint density at radius 3 is 1.82 bits per heavy atom. The molecule has 5 aromatic carbocycles. The van der Waals surface area contributed by atoms with E-state index in [1.165, 1.54) is 0 Å². The van der Waals surface area contributed by atoms with Crippen LogP contribution in [0.15, 0.2) is 140 Å². The lowest BCUT2D eigenvalue weighted by atomic mass is 9.77. The maximum absolute atomic E-state index is 11.6. The predicted molar refractivity (Wildman–Crippen MR) is 194 cm³/mol. The van der Waals surface area contributed by atoms with Gasteiger partial charge in [0.1, 0.15) is 22.2 Å². The first-order chi connectivity index (χ1) is 24.1. The van der Waals surface area contributed by atoms with E-state index in [9.17, 15) is 4.79 Å². The molecule has 7 rings (SSSR count). The fourth-order valence-corrected chi connectivity index (χ4v) is 6.89. The number of benzene rings is 5. The summed E-state index contributed by atoms with van der Waals surface area (Å²) in [5.41, 5.74) is 6.52. The Bertz CT molecular complexity index is 2060.